The third-order valence-electron chi connectivity index (χ3n) is 5.92. The van der Waals surface area contributed by atoms with Crippen molar-refractivity contribution in [2.24, 2.45) is 5.92 Å². The number of rotatable bonds is 6. The number of H-pyrrole nitrogens is 1. The number of ether oxygens (including phenoxy) is 1. The zero-order valence-electron chi connectivity index (χ0n) is 18.2. The van der Waals surface area contributed by atoms with Crippen LogP contribution in [0.4, 0.5) is 0 Å². The fourth-order valence-electron chi connectivity index (χ4n) is 4.31. The molecule has 0 bridgehead atoms. The molecule has 2 heterocycles. The number of Topliss-reactive ketones (excluding diaryl/α,β-unsaturated/α-hetero) is 1. The van der Waals surface area contributed by atoms with Gasteiger partial charge in [0, 0.05) is 24.3 Å². The molecule has 30 heavy (non-hydrogen) atoms. The predicted octanol–water partition coefficient (Wildman–Crippen LogP) is 3.86. The average Bonchev–Trinajstić information content (AvgIpc) is 3.03. The number of hydrogen-bond donors (Lipinski definition) is 1. The highest BCUT2D eigenvalue weighted by Crippen LogP contribution is 2.23. The summed E-state index contributed by atoms with van der Waals surface area (Å²) in [5, 5.41) is 0. The van der Waals surface area contributed by atoms with Gasteiger partial charge < -0.3 is 14.6 Å². The number of carbonyl (C=O) groups is 3. The molecule has 1 N–H and O–H groups in total. The number of ketones is 1. The minimum atomic E-state index is -0.869. The Hall–Kier alpha value is -2.89. The first-order valence-corrected chi connectivity index (χ1v) is 10.5. The lowest BCUT2D eigenvalue weighted by Crippen LogP contribution is -2.44. The van der Waals surface area contributed by atoms with Crippen molar-refractivity contribution in [3.8, 4) is 0 Å². The van der Waals surface area contributed by atoms with Gasteiger partial charge in [-0.3, -0.25) is 9.59 Å². The van der Waals surface area contributed by atoms with Crippen LogP contribution in [0.2, 0.25) is 0 Å². The Balaban J connectivity index is 1.54. The maximum Gasteiger partial charge on any atom is 0.355 e. The average molecular weight is 411 g/mol. The summed E-state index contributed by atoms with van der Waals surface area (Å²) in [6.45, 7) is 7.87. The molecule has 3 rings (SSSR count). The van der Waals surface area contributed by atoms with Gasteiger partial charge in [0.1, 0.15) is 5.69 Å². The molecule has 1 fully saturated rings. The van der Waals surface area contributed by atoms with Crippen molar-refractivity contribution in [2.75, 3.05) is 13.1 Å². The largest absolute Gasteiger partial charge is 0.448 e. The Morgan fingerprint density at radius 1 is 1.13 bits per heavy atom. The first-order chi connectivity index (χ1) is 14.3. The quantitative estimate of drug-likeness (QED) is 0.579. The standard InChI is InChI=1S/C24H30N2O4/c1-15-21(17(3)27)16(2)25-22(15)24(29)30-18(4)23(28)26-12-10-20(11-13-26)14-19-8-6-5-7-9-19/h5-9,18,20,25H,10-14H2,1-4H3/t18-/m1/s1. The maximum atomic E-state index is 12.8. The fraction of sp³-hybridized carbons (Fsp3) is 0.458. The van der Waals surface area contributed by atoms with Gasteiger partial charge in [0.2, 0.25) is 0 Å². The number of aromatic nitrogens is 1. The highest BCUT2D eigenvalue weighted by Gasteiger charge is 2.29. The van der Waals surface area contributed by atoms with Crippen LogP contribution in [0.3, 0.4) is 0 Å². The van der Waals surface area contributed by atoms with Gasteiger partial charge in [-0.05, 0) is 64.0 Å². The van der Waals surface area contributed by atoms with Crippen LogP contribution in [0.15, 0.2) is 30.3 Å². The highest BCUT2D eigenvalue weighted by molar-refractivity contribution is 6.01. The lowest BCUT2D eigenvalue weighted by Gasteiger charge is -2.33. The van der Waals surface area contributed by atoms with Gasteiger partial charge in [-0.2, -0.15) is 0 Å². The number of benzene rings is 1. The summed E-state index contributed by atoms with van der Waals surface area (Å²) in [5.74, 6) is -0.330. The SMILES string of the molecule is CC(=O)c1c(C)[nH]c(C(=O)O[C@H](C)C(=O)N2CCC(Cc3ccccc3)CC2)c1C. The lowest BCUT2D eigenvalue weighted by atomic mass is 9.90. The fourth-order valence-corrected chi connectivity index (χ4v) is 4.31. The van der Waals surface area contributed by atoms with E-state index in [2.05, 4.69) is 29.2 Å². The lowest BCUT2D eigenvalue weighted by molar-refractivity contribution is -0.141. The number of piperidine rings is 1. The molecule has 1 aromatic heterocycles. The second kappa shape index (κ2) is 9.28. The molecule has 1 saturated heterocycles. The maximum absolute atomic E-state index is 12.8. The number of aryl methyl sites for hydroxylation is 1. The molecular weight excluding hydrogens is 380 g/mol. The van der Waals surface area contributed by atoms with Crippen molar-refractivity contribution >= 4 is 17.7 Å². The highest BCUT2D eigenvalue weighted by atomic mass is 16.5. The van der Waals surface area contributed by atoms with Gasteiger partial charge in [-0.25, -0.2) is 4.79 Å². The van der Waals surface area contributed by atoms with Crippen LogP contribution in [-0.4, -0.2) is 46.7 Å². The molecule has 1 aliphatic heterocycles. The summed E-state index contributed by atoms with van der Waals surface area (Å²) < 4.78 is 5.43. The molecule has 6 nitrogen and oxygen atoms in total. The number of aromatic amines is 1. The van der Waals surface area contributed by atoms with E-state index in [1.54, 1.807) is 25.7 Å². The van der Waals surface area contributed by atoms with Gasteiger partial charge in [-0.15, -0.1) is 0 Å². The molecule has 1 amide bonds. The molecule has 0 spiro atoms. The van der Waals surface area contributed by atoms with Gasteiger partial charge in [-0.1, -0.05) is 30.3 Å². The van der Waals surface area contributed by atoms with Gasteiger partial charge in [0.15, 0.2) is 11.9 Å². The zero-order valence-corrected chi connectivity index (χ0v) is 18.2. The third kappa shape index (κ3) is 4.81. The monoisotopic (exact) mass is 410 g/mol. The summed E-state index contributed by atoms with van der Waals surface area (Å²) >= 11 is 0. The second-order valence-corrected chi connectivity index (χ2v) is 8.19. The van der Waals surface area contributed by atoms with Crippen molar-refractivity contribution in [3.63, 3.8) is 0 Å². The third-order valence-corrected chi connectivity index (χ3v) is 5.92. The molecule has 0 radical (unpaired) electrons. The molecule has 0 aliphatic carbocycles. The number of hydrogen-bond acceptors (Lipinski definition) is 4. The number of amides is 1. The first kappa shape index (κ1) is 21.8. The van der Waals surface area contributed by atoms with E-state index in [0.29, 0.717) is 35.8 Å². The number of nitrogens with one attached hydrogen (secondary N) is 1. The van der Waals surface area contributed by atoms with E-state index in [1.165, 1.54) is 12.5 Å². The predicted molar refractivity (Wildman–Crippen MR) is 115 cm³/mol. The second-order valence-electron chi connectivity index (χ2n) is 8.19. The Kier molecular flexibility index (Phi) is 6.75. The number of esters is 1. The molecule has 0 saturated carbocycles. The van der Waals surface area contributed by atoms with Crippen molar-refractivity contribution in [1.29, 1.82) is 0 Å². The van der Waals surface area contributed by atoms with Crippen LogP contribution in [0.5, 0.6) is 0 Å². The van der Waals surface area contributed by atoms with E-state index >= 15 is 0 Å². The summed E-state index contributed by atoms with van der Waals surface area (Å²) in [7, 11) is 0. The summed E-state index contributed by atoms with van der Waals surface area (Å²) in [4.78, 5) is 41.8. The minimum absolute atomic E-state index is 0.109. The van der Waals surface area contributed by atoms with Crippen LogP contribution < -0.4 is 0 Å². The Labute approximate surface area is 177 Å². The minimum Gasteiger partial charge on any atom is -0.448 e. The van der Waals surface area contributed by atoms with E-state index in [4.69, 9.17) is 4.74 Å². The van der Waals surface area contributed by atoms with Crippen molar-refractivity contribution < 1.29 is 19.1 Å². The van der Waals surface area contributed by atoms with Gasteiger partial charge >= 0.3 is 5.97 Å². The summed E-state index contributed by atoms with van der Waals surface area (Å²) in [5.41, 5.74) is 3.25. The smallest absolute Gasteiger partial charge is 0.355 e. The molecule has 6 heteroatoms. The van der Waals surface area contributed by atoms with E-state index in [-0.39, 0.29) is 17.4 Å². The first-order valence-electron chi connectivity index (χ1n) is 10.5. The normalized spacial score (nSPS) is 15.7. The molecule has 0 unspecified atom stereocenters. The number of likely N-dealkylation sites (tertiary alicyclic amines) is 1. The summed E-state index contributed by atoms with van der Waals surface area (Å²) in [6.07, 6.45) is 2.04. The van der Waals surface area contributed by atoms with E-state index in [1.807, 2.05) is 6.07 Å². The topological polar surface area (TPSA) is 79.5 Å². The number of nitrogens with zero attached hydrogens (tertiary/aromatic N) is 1. The van der Waals surface area contributed by atoms with Crippen LogP contribution in [0.25, 0.3) is 0 Å². The van der Waals surface area contributed by atoms with Crippen LogP contribution >= 0.6 is 0 Å². The number of carbonyl (C=O) groups excluding carboxylic acids is 3. The molecule has 160 valence electrons. The van der Waals surface area contributed by atoms with Gasteiger partial charge in [0.25, 0.3) is 5.91 Å². The molecule has 1 aromatic carbocycles. The van der Waals surface area contributed by atoms with Gasteiger partial charge in [0.05, 0.1) is 0 Å². The van der Waals surface area contributed by atoms with Crippen LogP contribution in [0, 0.1) is 19.8 Å². The molecule has 1 aliphatic rings. The Morgan fingerprint density at radius 2 is 1.77 bits per heavy atom. The Morgan fingerprint density at radius 3 is 2.33 bits per heavy atom. The van der Waals surface area contributed by atoms with E-state index in [9.17, 15) is 14.4 Å². The molecule has 2 aromatic rings. The Bertz CT molecular complexity index is 924. The summed E-state index contributed by atoms with van der Waals surface area (Å²) in [6, 6.07) is 10.4. The van der Waals surface area contributed by atoms with E-state index < -0.39 is 12.1 Å². The van der Waals surface area contributed by atoms with Crippen molar-refractivity contribution in [1.82, 2.24) is 9.88 Å². The van der Waals surface area contributed by atoms with Crippen molar-refractivity contribution in [2.45, 2.75) is 53.1 Å². The molecular formula is C24H30N2O4. The molecule has 1 atom stereocenters. The van der Waals surface area contributed by atoms with Crippen LogP contribution in [-0.2, 0) is 16.0 Å². The van der Waals surface area contributed by atoms with E-state index in [0.717, 1.165) is 19.3 Å². The van der Waals surface area contributed by atoms with Crippen LogP contribution in [0.1, 0.15) is 64.4 Å². The zero-order chi connectivity index (χ0) is 21.8. The van der Waals surface area contributed by atoms with Crippen molar-refractivity contribution in [3.05, 3.63) is 58.4 Å².